The van der Waals surface area contributed by atoms with E-state index in [-0.39, 0.29) is 18.6 Å². The first-order chi connectivity index (χ1) is 12.3. The molecule has 144 valence electrons. The van der Waals surface area contributed by atoms with Gasteiger partial charge in [0.2, 0.25) is 5.91 Å². The molecule has 1 atom stereocenters. The second-order valence-corrected chi connectivity index (χ2v) is 5.70. The monoisotopic (exact) mass is 356 g/mol. The molecule has 1 amide bonds. The summed E-state index contributed by atoms with van der Waals surface area (Å²) in [5.74, 6) is 6.04. The summed E-state index contributed by atoms with van der Waals surface area (Å²) < 4.78 is 21.4. The van der Waals surface area contributed by atoms with Gasteiger partial charge in [-0.25, -0.2) is 0 Å². The average molecular weight is 356 g/mol. The average Bonchev–Trinajstić information content (AvgIpc) is 2.58. The highest BCUT2D eigenvalue weighted by Crippen LogP contribution is 2.10. The van der Waals surface area contributed by atoms with Crippen LogP contribution in [0.3, 0.4) is 0 Å². The van der Waals surface area contributed by atoms with E-state index in [2.05, 4.69) is 17.2 Å². The number of hydrogen-bond acceptors (Lipinski definition) is 6. The molecule has 7 heteroatoms. The van der Waals surface area contributed by atoms with Crippen LogP contribution in [0.2, 0.25) is 0 Å². The summed E-state index contributed by atoms with van der Waals surface area (Å²) in [7, 11) is 0. The van der Waals surface area contributed by atoms with Crippen LogP contribution in [0.15, 0.2) is 0 Å². The van der Waals surface area contributed by atoms with Gasteiger partial charge < -0.3 is 30.0 Å². The molecule has 0 saturated carbocycles. The highest BCUT2D eigenvalue weighted by atomic mass is 16.5. The van der Waals surface area contributed by atoms with Crippen LogP contribution in [-0.2, 0) is 23.7 Å². The van der Waals surface area contributed by atoms with Crippen LogP contribution in [-0.4, -0.2) is 71.3 Å². The highest BCUT2D eigenvalue weighted by Gasteiger charge is 2.09. The zero-order valence-corrected chi connectivity index (χ0v) is 15.1. The third kappa shape index (κ3) is 13.8. The third-order valence-electron chi connectivity index (χ3n) is 3.52. The number of nitrogens with one attached hydrogen (secondary N) is 1. The van der Waals surface area contributed by atoms with Crippen molar-refractivity contribution in [3.63, 3.8) is 0 Å². The molecule has 1 aliphatic rings. The van der Waals surface area contributed by atoms with Crippen molar-refractivity contribution in [1.82, 2.24) is 5.32 Å². The maximum Gasteiger partial charge on any atom is 0.246 e. The summed E-state index contributed by atoms with van der Waals surface area (Å²) in [6.45, 7) is 4.08. The normalized spacial score (nSPS) is 17.2. The fraction of sp³-hybridized carbons (Fsp3) is 0.833. The quantitative estimate of drug-likeness (QED) is 0.347. The maximum atomic E-state index is 11.7. The first kappa shape index (κ1) is 21.9. The van der Waals surface area contributed by atoms with Crippen LogP contribution < -0.4 is 11.1 Å². The molecular formula is C18H32N2O5. The van der Waals surface area contributed by atoms with Crippen LogP contribution in [0.5, 0.6) is 0 Å². The fourth-order valence-electron chi connectivity index (χ4n) is 2.22. The first-order valence-corrected chi connectivity index (χ1v) is 9.13. The lowest BCUT2D eigenvalue weighted by atomic mass is 10.1. The molecule has 1 unspecified atom stereocenters. The van der Waals surface area contributed by atoms with Gasteiger partial charge in [0.05, 0.1) is 39.6 Å². The summed E-state index contributed by atoms with van der Waals surface area (Å²) in [5.41, 5.74) is 5.30. The Kier molecular flexibility index (Phi) is 14.3. The maximum absolute atomic E-state index is 11.7. The molecule has 3 N–H and O–H groups in total. The molecule has 0 saturated heterocycles. The molecule has 25 heavy (non-hydrogen) atoms. The van der Waals surface area contributed by atoms with Crippen molar-refractivity contribution in [3.8, 4) is 11.8 Å². The Labute approximate surface area is 150 Å². The summed E-state index contributed by atoms with van der Waals surface area (Å²) in [4.78, 5) is 11.7. The number of carbonyl (C=O) groups is 1. The van der Waals surface area contributed by atoms with Gasteiger partial charge in [-0.15, -0.1) is 5.92 Å². The smallest absolute Gasteiger partial charge is 0.246 e. The number of hydrogen-bond donors (Lipinski definition) is 2. The van der Waals surface area contributed by atoms with Crippen molar-refractivity contribution < 1.29 is 23.7 Å². The number of rotatable bonds is 14. The van der Waals surface area contributed by atoms with E-state index in [1.54, 1.807) is 0 Å². The van der Waals surface area contributed by atoms with E-state index in [4.69, 9.17) is 24.7 Å². The molecule has 0 bridgehead atoms. The van der Waals surface area contributed by atoms with Gasteiger partial charge in [-0.05, 0) is 19.3 Å². The molecule has 0 aromatic heterocycles. The van der Waals surface area contributed by atoms with Crippen molar-refractivity contribution in [2.75, 3.05) is 59.3 Å². The zero-order valence-electron chi connectivity index (χ0n) is 15.1. The van der Waals surface area contributed by atoms with Gasteiger partial charge >= 0.3 is 0 Å². The van der Waals surface area contributed by atoms with Crippen molar-refractivity contribution in [1.29, 1.82) is 0 Å². The first-order valence-electron chi connectivity index (χ1n) is 9.13. The van der Waals surface area contributed by atoms with Gasteiger partial charge in [-0.1, -0.05) is 12.3 Å². The zero-order chi connectivity index (χ0) is 18.0. The fourth-order valence-corrected chi connectivity index (χ4v) is 2.22. The Hall–Kier alpha value is -1.17. The molecule has 0 aromatic rings. The van der Waals surface area contributed by atoms with Gasteiger partial charge in [0.1, 0.15) is 12.7 Å². The van der Waals surface area contributed by atoms with E-state index < -0.39 is 0 Å². The number of ether oxygens (including phenoxy) is 4. The SMILES string of the molecule is NCCOCCOCCOCCNC(=O)COC1C#CCCCCC1. The van der Waals surface area contributed by atoms with Gasteiger partial charge in [0, 0.05) is 19.5 Å². The van der Waals surface area contributed by atoms with E-state index in [1.807, 2.05) is 0 Å². The number of carbonyl (C=O) groups excluding carboxylic acids is 1. The van der Waals surface area contributed by atoms with Crippen LogP contribution in [0, 0.1) is 11.8 Å². The third-order valence-corrected chi connectivity index (χ3v) is 3.52. The molecule has 0 aliphatic heterocycles. The van der Waals surface area contributed by atoms with E-state index in [9.17, 15) is 4.79 Å². The molecule has 0 radical (unpaired) electrons. The van der Waals surface area contributed by atoms with Gasteiger partial charge in [-0.3, -0.25) is 4.79 Å². The van der Waals surface area contributed by atoms with E-state index in [1.165, 1.54) is 6.42 Å². The summed E-state index contributed by atoms with van der Waals surface area (Å²) in [5, 5.41) is 2.77. The molecule has 0 heterocycles. The topological polar surface area (TPSA) is 92.0 Å². The molecule has 7 nitrogen and oxygen atoms in total. The lowest BCUT2D eigenvalue weighted by Crippen LogP contribution is -2.32. The molecular weight excluding hydrogens is 324 g/mol. The van der Waals surface area contributed by atoms with Crippen molar-refractivity contribution in [2.24, 2.45) is 5.73 Å². The predicted molar refractivity (Wildman–Crippen MR) is 95.1 cm³/mol. The minimum Gasteiger partial charge on any atom is -0.378 e. The van der Waals surface area contributed by atoms with Gasteiger partial charge in [0.15, 0.2) is 0 Å². The molecule has 1 aliphatic carbocycles. The second-order valence-electron chi connectivity index (χ2n) is 5.70. The number of nitrogens with two attached hydrogens (primary N) is 1. The largest absolute Gasteiger partial charge is 0.378 e. The second kappa shape index (κ2) is 16.3. The molecule has 0 spiro atoms. The predicted octanol–water partition coefficient (Wildman–Crippen LogP) is 0.464. The minimum absolute atomic E-state index is 0.0469. The van der Waals surface area contributed by atoms with Crippen LogP contribution in [0.4, 0.5) is 0 Å². The summed E-state index contributed by atoms with van der Waals surface area (Å²) in [6.07, 6.45) is 5.16. The van der Waals surface area contributed by atoms with E-state index >= 15 is 0 Å². The van der Waals surface area contributed by atoms with Crippen molar-refractivity contribution >= 4 is 5.91 Å². The van der Waals surface area contributed by atoms with Crippen LogP contribution in [0.25, 0.3) is 0 Å². The lowest BCUT2D eigenvalue weighted by Gasteiger charge is -2.13. The Morgan fingerprint density at radius 2 is 1.72 bits per heavy atom. The van der Waals surface area contributed by atoms with E-state index in [0.29, 0.717) is 52.7 Å². The minimum atomic E-state index is -0.138. The van der Waals surface area contributed by atoms with Crippen molar-refractivity contribution in [3.05, 3.63) is 0 Å². The Morgan fingerprint density at radius 3 is 2.48 bits per heavy atom. The number of amides is 1. The molecule has 1 rings (SSSR count). The molecule has 0 aromatic carbocycles. The van der Waals surface area contributed by atoms with Gasteiger partial charge in [-0.2, -0.15) is 0 Å². The Morgan fingerprint density at radius 1 is 1.00 bits per heavy atom. The van der Waals surface area contributed by atoms with Crippen LogP contribution in [0.1, 0.15) is 32.1 Å². The Balaban J connectivity index is 1.88. The standard InChI is InChI=1S/C18H32N2O5/c19-8-10-22-12-14-24-15-13-23-11-9-20-18(21)16-25-17-6-4-2-1-3-5-7-17/h17H,1-4,6,8-16,19H2,(H,20,21). The summed E-state index contributed by atoms with van der Waals surface area (Å²) >= 11 is 0. The molecule has 0 fully saturated rings. The summed E-state index contributed by atoms with van der Waals surface area (Å²) in [6, 6.07) is 0. The van der Waals surface area contributed by atoms with E-state index in [0.717, 1.165) is 25.7 Å². The van der Waals surface area contributed by atoms with Crippen molar-refractivity contribution in [2.45, 2.75) is 38.2 Å². The highest BCUT2D eigenvalue weighted by molar-refractivity contribution is 5.77. The Bertz CT molecular complexity index is 395. The lowest BCUT2D eigenvalue weighted by molar-refractivity contribution is -0.127. The van der Waals surface area contributed by atoms with Crippen LogP contribution >= 0.6 is 0 Å². The van der Waals surface area contributed by atoms with Gasteiger partial charge in [0.25, 0.3) is 0 Å².